The van der Waals surface area contributed by atoms with E-state index in [-0.39, 0.29) is 11.4 Å². The van der Waals surface area contributed by atoms with Gasteiger partial charge in [-0.2, -0.15) is 4.31 Å². The van der Waals surface area contributed by atoms with Gasteiger partial charge in [-0.3, -0.25) is 0 Å². The van der Waals surface area contributed by atoms with E-state index < -0.39 is 10.0 Å². The van der Waals surface area contributed by atoms with Crippen molar-refractivity contribution >= 4 is 31.6 Å². The molecule has 0 unspecified atom stereocenters. The number of anilines is 1. The third-order valence-corrected chi connectivity index (χ3v) is 5.15. The lowest BCUT2D eigenvalue weighted by Gasteiger charge is -2.21. The Balaban J connectivity index is 3.37. The van der Waals surface area contributed by atoms with Crippen molar-refractivity contribution in [1.29, 1.82) is 0 Å². The Hall–Kier alpha value is -1.03. The molecule has 0 aromatic heterocycles. The van der Waals surface area contributed by atoms with Crippen LogP contribution in [0, 0.1) is 19.3 Å². The van der Waals surface area contributed by atoms with Crippen LogP contribution in [0.15, 0.2) is 21.5 Å². The third-order valence-electron chi connectivity index (χ3n) is 2.72. The lowest BCUT2D eigenvalue weighted by Crippen LogP contribution is -2.32. The first-order chi connectivity index (χ1) is 8.84. The Bertz CT molecular complexity index is 606. The maximum Gasteiger partial charge on any atom is 0.244 e. The van der Waals surface area contributed by atoms with Crippen LogP contribution in [0.1, 0.15) is 18.9 Å². The minimum Gasteiger partial charge on any atom is -0.398 e. The van der Waals surface area contributed by atoms with Crippen molar-refractivity contribution in [2.75, 3.05) is 18.8 Å². The summed E-state index contributed by atoms with van der Waals surface area (Å²) in [5.74, 6) is 2.38. The highest BCUT2D eigenvalue weighted by Gasteiger charge is 2.26. The van der Waals surface area contributed by atoms with Gasteiger partial charge in [-0.05, 0) is 31.0 Å². The summed E-state index contributed by atoms with van der Waals surface area (Å²) >= 11 is 3.26. The van der Waals surface area contributed by atoms with Crippen molar-refractivity contribution < 1.29 is 8.42 Å². The quantitative estimate of drug-likeness (QED) is 0.658. The van der Waals surface area contributed by atoms with Gasteiger partial charge >= 0.3 is 0 Å². The molecule has 0 aliphatic rings. The van der Waals surface area contributed by atoms with E-state index in [9.17, 15) is 8.42 Å². The number of rotatable bonds is 5. The molecule has 0 bridgehead atoms. The second-order valence-corrected chi connectivity index (χ2v) is 6.98. The van der Waals surface area contributed by atoms with Crippen molar-refractivity contribution in [3.8, 4) is 12.3 Å². The molecule has 0 aliphatic heterocycles. The zero-order valence-electron chi connectivity index (χ0n) is 11.0. The number of halogens is 1. The van der Waals surface area contributed by atoms with Gasteiger partial charge in [0.1, 0.15) is 0 Å². The molecule has 19 heavy (non-hydrogen) atoms. The highest BCUT2D eigenvalue weighted by atomic mass is 79.9. The van der Waals surface area contributed by atoms with Crippen molar-refractivity contribution in [2.24, 2.45) is 0 Å². The first-order valence-corrected chi connectivity index (χ1v) is 8.07. The number of nitrogen functional groups attached to an aromatic ring is 1. The molecule has 4 nitrogen and oxygen atoms in total. The number of benzene rings is 1. The highest BCUT2D eigenvalue weighted by Crippen LogP contribution is 2.28. The summed E-state index contributed by atoms with van der Waals surface area (Å²) in [6, 6.07) is 3.24. The molecule has 1 aromatic carbocycles. The average molecular weight is 345 g/mol. The molecule has 0 heterocycles. The van der Waals surface area contributed by atoms with E-state index in [0.717, 1.165) is 0 Å². The molecular weight excluding hydrogens is 328 g/mol. The molecule has 1 aromatic rings. The first kappa shape index (κ1) is 16.0. The molecule has 104 valence electrons. The summed E-state index contributed by atoms with van der Waals surface area (Å²) < 4.78 is 27.1. The van der Waals surface area contributed by atoms with Crippen LogP contribution in [0.25, 0.3) is 0 Å². The largest absolute Gasteiger partial charge is 0.398 e. The van der Waals surface area contributed by atoms with E-state index in [1.807, 2.05) is 6.92 Å². The van der Waals surface area contributed by atoms with Crippen LogP contribution in [-0.4, -0.2) is 25.8 Å². The average Bonchev–Trinajstić information content (AvgIpc) is 2.33. The van der Waals surface area contributed by atoms with E-state index in [4.69, 9.17) is 12.2 Å². The number of hydrogen-bond donors (Lipinski definition) is 1. The Kier molecular flexibility index (Phi) is 5.41. The Morgan fingerprint density at radius 2 is 2.11 bits per heavy atom. The topological polar surface area (TPSA) is 63.4 Å². The molecule has 0 saturated heterocycles. The lowest BCUT2D eigenvalue weighted by atomic mass is 10.2. The van der Waals surface area contributed by atoms with Crippen LogP contribution < -0.4 is 5.73 Å². The van der Waals surface area contributed by atoms with Gasteiger partial charge in [0, 0.05) is 16.7 Å². The van der Waals surface area contributed by atoms with Crippen molar-refractivity contribution in [3.05, 3.63) is 22.2 Å². The summed E-state index contributed by atoms with van der Waals surface area (Å²) in [4.78, 5) is 0.197. The predicted molar refractivity (Wildman–Crippen MR) is 81.2 cm³/mol. The lowest BCUT2D eigenvalue weighted by molar-refractivity contribution is 0.445. The van der Waals surface area contributed by atoms with Crippen LogP contribution >= 0.6 is 15.9 Å². The molecule has 0 radical (unpaired) electrons. The normalized spacial score (nSPS) is 11.5. The predicted octanol–water partition coefficient (Wildman–Crippen LogP) is 2.37. The molecule has 2 N–H and O–H groups in total. The molecule has 6 heteroatoms. The van der Waals surface area contributed by atoms with E-state index >= 15 is 0 Å². The molecule has 0 spiro atoms. The van der Waals surface area contributed by atoms with Gasteiger partial charge < -0.3 is 5.73 Å². The maximum atomic E-state index is 12.6. The van der Waals surface area contributed by atoms with E-state index in [1.54, 1.807) is 19.1 Å². The minimum atomic E-state index is -3.62. The fourth-order valence-corrected chi connectivity index (χ4v) is 4.07. The van der Waals surface area contributed by atoms with Crippen LogP contribution in [0.4, 0.5) is 5.69 Å². The van der Waals surface area contributed by atoms with Crippen molar-refractivity contribution in [2.45, 2.75) is 25.2 Å². The van der Waals surface area contributed by atoms with E-state index in [2.05, 4.69) is 21.9 Å². The molecule has 0 atom stereocenters. The van der Waals surface area contributed by atoms with E-state index in [1.165, 1.54) is 4.31 Å². The van der Waals surface area contributed by atoms with Crippen LogP contribution in [0.2, 0.25) is 0 Å². The minimum absolute atomic E-state index is 0.0576. The van der Waals surface area contributed by atoms with Gasteiger partial charge in [-0.25, -0.2) is 8.42 Å². The fraction of sp³-hybridized carbons (Fsp3) is 0.385. The zero-order valence-corrected chi connectivity index (χ0v) is 13.4. The molecule has 0 saturated carbocycles. The van der Waals surface area contributed by atoms with Gasteiger partial charge in [0.15, 0.2) is 0 Å². The summed E-state index contributed by atoms with van der Waals surface area (Å²) in [7, 11) is -3.62. The Morgan fingerprint density at radius 1 is 1.47 bits per heavy atom. The number of sulfonamides is 1. The highest BCUT2D eigenvalue weighted by molar-refractivity contribution is 9.10. The Labute approximate surface area is 123 Å². The molecule has 1 rings (SSSR count). The van der Waals surface area contributed by atoms with Crippen LogP contribution in [0.3, 0.4) is 0 Å². The maximum absolute atomic E-state index is 12.6. The number of nitrogens with zero attached hydrogens (tertiary/aromatic N) is 1. The fourth-order valence-electron chi connectivity index (χ4n) is 1.72. The van der Waals surface area contributed by atoms with Gasteiger partial charge in [0.05, 0.1) is 11.4 Å². The van der Waals surface area contributed by atoms with Crippen LogP contribution in [0.5, 0.6) is 0 Å². The second-order valence-electron chi connectivity index (χ2n) is 4.16. The van der Waals surface area contributed by atoms with Crippen molar-refractivity contribution in [3.63, 3.8) is 0 Å². The van der Waals surface area contributed by atoms with E-state index in [0.29, 0.717) is 28.7 Å². The van der Waals surface area contributed by atoms with Gasteiger partial charge in [0.25, 0.3) is 0 Å². The number of hydrogen-bond acceptors (Lipinski definition) is 3. The summed E-state index contributed by atoms with van der Waals surface area (Å²) in [6.45, 7) is 4.04. The molecule has 0 fully saturated rings. The molecular formula is C13H17BrN2O2S. The summed E-state index contributed by atoms with van der Waals surface area (Å²) in [5.41, 5.74) is 6.79. The molecule has 0 amide bonds. The van der Waals surface area contributed by atoms with Gasteiger partial charge in [0.2, 0.25) is 10.0 Å². The molecule has 0 aliphatic carbocycles. The second kappa shape index (κ2) is 6.42. The monoisotopic (exact) mass is 344 g/mol. The first-order valence-electron chi connectivity index (χ1n) is 5.83. The smallest absolute Gasteiger partial charge is 0.244 e. The Morgan fingerprint density at radius 3 is 2.63 bits per heavy atom. The van der Waals surface area contributed by atoms with Crippen LogP contribution in [-0.2, 0) is 10.0 Å². The van der Waals surface area contributed by atoms with Gasteiger partial charge in [-0.1, -0.05) is 28.8 Å². The SMILES string of the molecule is C#CCN(CCC)S(=O)(=O)c1cc(Br)cc(N)c1C. The number of nitrogens with two attached hydrogens (primary N) is 1. The number of terminal acetylenes is 1. The zero-order chi connectivity index (χ0) is 14.6. The standard InChI is InChI=1S/C13H17BrN2O2S/c1-4-6-16(7-5-2)19(17,18)13-9-11(14)8-12(15)10(13)3/h1,8-9H,5-7,15H2,2-3H3. The third kappa shape index (κ3) is 3.50. The summed E-state index contributed by atoms with van der Waals surface area (Å²) in [5, 5.41) is 0. The van der Waals surface area contributed by atoms with Gasteiger partial charge in [-0.15, -0.1) is 6.42 Å². The van der Waals surface area contributed by atoms with Crippen molar-refractivity contribution in [1.82, 2.24) is 4.31 Å². The summed E-state index contributed by atoms with van der Waals surface area (Å²) in [6.07, 6.45) is 5.94.